The largest absolute Gasteiger partial charge is 0.237 e. The Morgan fingerprint density at radius 1 is 0.650 bits per heavy atom. The summed E-state index contributed by atoms with van der Waals surface area (Å²) in [7, 11) is 0. The van der Waals surface area contributed by atoms with Gasteiger partial charge in [-0.15, -0.1) is 0 Å². The highest BCUT2D eigenvalue weighted by atomic mass is 17.4. The Kier molecular flexibility index (Phi) is 3.87. The number of hydrogen-bond acceptors (Lipinski definition) is 4. The molecule has 2 aliphatic carbocycles. The Labute approximate surface area is 122 Å². The summed E-state index contributed by atoms with van der Waals surface area (Å²) in [6.45, 7) is 8.82. The molecule has 3 fully saturated rings. The lowest BCUT2D eigenvalue weighted by molar-refractivity contribution is -0.676. The first-order valence-corrected chi connectivity index (χ1v) is 8.23. The van der Waals surface area contributed by atoms with Crippen molar-refractivity contribution < 1.29 is 19.6 Å². The molecule has 0 bridgehead atoms. The van der Waals surface area contributed by atoms with E-state index < -0.39 is 11.6 Å². The molecule has 20 heavy (non-hydrogen) atoms. The molecule has 3 rings (SSSR count). The molecule has 0 unspecified atom stereocenters. The van der Waals surface area contributed by atoms with Crippen molar-refractivity contribution in [2.75, 3.05) is 0 Å². The van der Waals surface area contributed by atoms with Crippen LogP contribution in [0.15, 0.2) is 0 Å². The smallest absolute Gasteiger partial charge is 0.195 e. The molecule has 0 N–H and O–H groups in total. The van der Waals surface area contributed by atoms with Crippen molar-refractivity contribution in [2.24, 2.45) is 23.7 Å². The summed E-state index contributed by atoms with van der Waals surface area (Å²) in [5.74, 6) is 0.280. The highest BCUT2D eigenvalue weighted by Crippen LogP contribution is 2.50. The summed E-state index contributed by atoms with van der Waals surface area (Å²) in [6, 6.07) is 0. The summed E-state index contributed by atoms with van der Waals surface area (Å²) in [5, 5.41) is 0. The molecule has 2 spiro atoms. The van der Waals surface area contributed by atoms with Gasteiger partial charge in [-0.3, -0.25) is 0 Å². The van der Waals surface area contributed by atoms with Gasteiger partial charge in [0.15, 0.2) is 0 Å². The summed E-state index contributed by atoms with van der Waals surface area (Å²) in [6.07, 6.45) is 6.31. The minimum Gasteiger partial charge on any atom is -0.195 e. The maximum atomic E-state index is 5.85. The third kappa shape index (κ3) is 2.21. The van der Waals surface area contributed by atoms with Gasteiger partial charge in [0.05, 0.1) is 0 Å². The number of rotatable bonds is 0. The van der Waals surface area contributed by atoms with Crippen molar-refractivity contribution in [1.82, 2.24) is 0 Å². The normalized spacial score (nSPS) is 53.4. The van der Waals surface area contributed by atoms with Gasteiger partial charge < -0.3 is 0 Å². The fourth-order valence-electron chi connectivity index (χ4n) is 3.94. The van der Waals surface area contributed by atoms with Crippen molar-refractivity contribution >= 4 is 0 Å². The molecule has 0 amide bonds. The van der Waals surface area contributed by atoms with Crippen LogP contribution in [0.5, 0.6) is 0 Å². The van der Waals surface area contributed by atoms with Gasteiger partial charge in [-0.1, -0.05) is 40.5 Å². The van der Waals surface area contributed by atoms with Crippen LogP contribution in [0.25, 0.3) is 0 Å². The minimum atomic E-state index is -0.705. The quantitative estimate of drug-likeness (QED) is 0.625. The molecular weight excluding hydrogens is 256 g/mol. The van der Waals surface area contributed by atoms with Crippen LogP contribution in [0.4, 0.5) is 0 Å². The van der Waals surface area contributed by atoms with E-state index >= 15 is 0 Å². The second-order valence-electron chi connectivity index (χ2n) is 7.27. The third-order valence-corrected chi connectivity index (χ3v) is 6.11. The molecule has 0 aromatic rings. The minimum absolute atomic E-state index is 0.282. The van der Waals surface area contributed by atoms with E-state index in [9.17, 15) is 0 Å². The molecule has 3 aliphatic rings. The lowest BCUT2D eigenvalue weighted by Gasteiger charge is -2.52. The standard InChI is InChI=1S/C16H28O4/c1-11-7-5-9-15(13(11)3)17-19-16(20-18-15)10-6-8-12(2)14(16)4/h11-14H,5-10H2,1-4H3/t11-,12+,13-,14+,15?,16?. The van der Waals surface area contributed by atoms with Crippen molar-refractivity contribution in [2.45, 2.75) is 77.8 Å². The van der Waals surface area contributed by atoms with E-state index in [1.807, 2.05) is 0 Å². The van der Waals surface area contributed by atoms with Crippen LogP contribution < -0.4 is 0 Å². The van der Waals surface area contributed by atoms with Gasteiger partial charge in [-0.25, -0.2) is 0 Å². The fourth-order valence-corrected chi connectivity index (χ4v) is 3.94. The highest BCUT2D eigenvalue weighted by molar-refractivity contribution is 4.88. The van der Waals surface area contributed by atoms with E-state index in [1.165, 1.54) is 12.8 Å². The lowest BCUT2D eigenvalue weighted by atomic mass is 9.76. The average Bonchev–Trinajstić information content (AvgIpc) is 2.45. The Morgan fingerprint density at radius 2 is 1.00 bits per heavy atom. The fraction of sp³-hybridized carbons (Fsp3) is 1.00. The number of hydrogen-bond donors (Lipinski definition) is 0. The Hall–Kier alpha value is -0.160. The highest BCUT2D eigenvalue weighted by Gasteiger charge is 2.57. The summed E-state index contributed by atoms with van der Waals surface area (Å²) in [5.41, 5.74) is 0. The van der Waals surface area contributed by atoms with Gasteiger partial charge >= 0.3 is 0 Å². The molecule has 1 aliphatic heterocycles. The molecular formula is C16H28O4. The molecule has 0 aromatic carbocycles. The van der Waals surface area contributed by atoms with Crippen molar-refractivity contribution in [3.63, 3.8) is 0 Å². The molecule has 4 heteroatoms. The van der Waals surface area contributed by atoms with Crippen LogP contribution in [-0.4, -0.2) is 11.6 Å². The van der Waals surface area contributed by atoms with Crippen LogP contribution in [0.3, 0.4) is 0 Å². The Bertz CT molecular complexity index is 314. The third-order valence-electron chi connectivity index (χ3n) is 6.11. The molecule has 2 saturated carbocycles. The van der Waals surface area contributed by atoms with Crippen LogP contribution in [-0.2, 0) is 19.6 Å². The monoisotopic (exact) mass is 284 g/mol. The zero-order valence-electron chi connectivity index (χ0n) is 13.2. The zero-order valence-corrected chi connectivity index (χ0v) is 13.2. The molecule has 1 heterocycles. The van der Waals surface area contributed by atoms with Crippen molar-refractivity contribution in [3.05, 3.63) is 0 Å². The van der Waals surface area contributed by atoms with Gasteiger partial charge in [0, 0.05) is 24.7 Å². The Balaban J connectivity index is 1.72. The van der Waals surface area contributed by atoms with Crippen LogP contribution in [0.2, 0.25) is 0 Å². The van der Waals surface area contributed by atoms with E-state index in [1.54, 1.807) is 0 Å². The van der Waals surface area contributed by atoms with E-state index in [-0.39, 0.29) is 11.8 Å². The summed E-state index contributed by atoms with van der Waals surface area (Å²) in [4.78, 5) is 23.4. The van der Waals surface area contributed by atoms with Crippen LogP contribution >= 0.6 is 0 Å². The van der Waals surface area contributed by atoms with Crippen LogP contribution in [0, 0.1) is 23.7 Å². The maximum Gasteiger partial charge on any atom is 0.237 e. The van der Waals surface area contributed by atoms with E-state index in [4.69, 9.17) is 19.6 Å². The Morgan fingerprint density at radius 3 is 1.35 bits per heavy atom. The molecule has 0 aromatic heterocycles. The zero-order chi connectivity index (χ0) is 14.4. The second kappa shape index (κ2) is 5.24. The van der Waals surface area contributed by atoms with E-state index in [2.05, 4.69) is 27.7 Å². The average molecular weight is 284 g/mol. The molecule has 116 valence electrons. The first-order chi connectivity index (χ1) is 9.49. The summed E-state index contributed by atoms with van der Waals surface area (Å²) >= 11 is 0. The molecule has 1 saturated heterocycles. The van der Waals surface area contributed by atoms with E-state index in [0.717, 1.165) is 25.7 Å². The second-order valence-corrected chi connectivity index (χ2v) is 7.27. The lowest BCUT2D eigenvalue weighted by Crippen LogP contribution is -2.59. The molecule has 4 atom stereocenters. The topological polar surface area (TPSA) is 36.9 Å². The summed E-state index contributed by atoms with van der Waals surface area (Å²) < 4.78 is 0. The van der Waals surface area contributed by atoms with Crippen molar-refractivity contribution in [3.8, 4) is 0 Å². The maximum absolute atomic E-state index is 5.85. The van der Waals surface area contributed by atoms with Gasteiger partial charge in [-0.05, 0) is 24.7 Å². The molecule has 0 radical (unpaired) electrons. The van der Waals surface area contributed by atoms with Gasteiger partial charge in [0.2, 0.25) is 11.6 Å². The van der Waals surface area contributed by atoms with Gasteiger partial charge in [0.25, 0.3) is 0 Å². The van der Waals surface area contributed by atoms with E-state index in [0.29, 0.717) is 11.8 Å². The molecule has 4 nitrogen and oxygen atoms in total. The predicted molar refractivity (Wildman–Crippen MR) is 74.2 cm³/mol. The van der Waals surface area contributed by atoms with Crippen molar-refractivity contribution in [1.29, 1.82) is 0 Å². The van der Waals surface area contributed by atoms with Crippen LogP contribution in [0.1, 0.15) is 66.2 Å². The van der Waals surface area contributed by atoms with Gasteiger partial charge in [0.1, 0.15) is 0 Å². The first kappa shape index (κ1) is 14.8. The SMILES string of the molecule is C[C@@H]1CCCC2(OOC3(CCC[C@H](C)[C@@H]3C)OO2)[C@@H]1C. The van der Waals surface area contributed by atoms with Gasteiger partial charge in [-0.2, -0.15) is 19.6 Å². The first-order valence-electron chi connectivity index (χ1n) is 8.23. The predicted octanol–water partition coefficient (Wildman–Crippen LogP) is 4.20.